The van der Waals surface area contributed by atoms with Crippen LogP contribution in [0.3, 0.4) is 0 Å². The Morgan fingerprint density at radius 1 is 1.21 bits per heavy atom. The lowest BCUT2D eigenvalue weighted by molar-refractivity contribution is 0.476. The van der Waals surface area contributed by atoms with Crippen LogP contribution in [0.15, 0.2) is 30.7 Å². The number of hydrogen-bond acceptors (Lipinski definition) is 3. The number of nitrogens with one attached hydrogen (secondary N) is 1. The van der Waals surface area contributed by atoms with Crippen LogP contribution >= 0.6 is 0 Å². The Balaban J connectivity index is 2.57. The number of fused-ring (bicyclic) bond motifs is 3. The highest BCUT2D eigenvalue weighted by Gasteiger charge is 2.03. The van der Waals surface area contributed by atoms with Crippen LogP contribution in [0.5, 0.6) is 5.75 Å². The molecule has 0 aliphatic heterocycles. The quantitative estimate of drug-likeness (QED) is 0.561. The van der Waals surface area contributed by atoms with E-state index >= 15 is 0 Å². The summed E-state index contributed by atoms with van der Waals surface area (Å²) in [6, 6.07) is 5.09. The first-order chi connectivity index (χ1) is 6.84. The molecular weight excluding hydrogens is 178 g/mol. The van der Waals surface area contributed by atoms with Gasteiger partial charge in [-0.1, -0.05) is 0 Å². The highest BCUT2D eigenvalue weighted by molar-refractivity contribution is 6.01. The van der Waals surface area contributed by atoms with Gasteiger partial charge < -0.3 is 10.1 Å². The number of phenols is 1. The Morgan fingerprint density at radius 2 is 2.14 bits per heavy atom. The van der Waals surface area contributed by atoms with Crippen LogP contribution in [0, 0.1) is 0 Å². The Bertz CT molecular complexity index is 615. The minimum Gasteiger partial charge on any atom is -0.508 e. The molecule has 0 fully saturated rings. The van der Waals surface area contributed by atoms with E-state index in [4.69, 9.17) is 0 Å². The number of pyridine rings is 1. The molecule has 0 aliphatic rings. The van der Waals surface area contributed by atoms with Crippen LogP contribution in [-0.2, 0) is 0 Å². The number of benzene rings is 1. The molecule has 0 saturated heterocycles. The zero-order valence-electron chi connectivity index (χ0n) is 7.23. The van der Waals surface area contributed by atoms with Crippen LogP contribution in [0.4, 0.5) is 0 Å². The van der Waals surface area contributed by atoms with Gasteiger partial charge in [0.15, 0.2) is 0 Å². The summed E-state index contributed by atoms with van der Waals surface area (Å²) in [6.07, 6.45) is 3.35. The normalized spacial score (nSPS) is 11.1. The lowest BCUT2D eigenvalue weighted by Gasteiger charge is -1.98. The van der Waals surface area contributed by atoms with E-state index in [9.17, 15) is 5.11 Å². The molecule has 1 aromatic carbocycles. The molecule has 0 amide bonds. The summed E-state index contributed by atoms with van der Waals surface area (Å²) >= 11 is 0. The van der Waals surface area contributed by atoms with E-state index in [1.807, 2.05) is 6.07 Å². The third-order valence-corrected chi connectivity index (χ3v) is 2.24. The van der Waals surface area contributed by atoms with Gasteiger partial charge in [0.25, 0.3) is 0 Å². The first kappa shape index (κ1) is 7.32. The Labute approximate surface area is 79.2 Å². The van der Waals surface area contributed by atoms with E-state index in [1.165, 1.54) is 0 Å². The molecule has 0 radical (unpaired) electrons. The number of H-pyrrole nitrogens is 1. The molecule has 14 heavy (non-hydrogen) atoms. The molecule has 2 heterocycles. The van der Waals surface area contributed by atoms with E-state index in [0.29, 0.717) is 0 Å². The molecule has 4 nitrogen and oxygen atoms in total. The van der Waals surface area contributed by atoms with Crippen molar-refractivity contribution in [1.29, 1.82) is 0 Å². The summed E-state index contributed by atoms with van der Waals surface area (Å²) in [5, 5.41) is 10.2. The molecular formula is C10H7N3O. The smallest absolute Gasteiger partial charge is 0.117 e. The maximum Gasteiger partial charge on any atom is 0.117 e. The largest absolute Gasteiger partial charge is 0.508 e. The van der Waals surface area contributed by atoms with Gasteiger partial charge in [0.05, 0.1) is 29.1 Å². The van der Waals surface area contributed by atoms with E-state index in [2.05, 4.69) is 15.0 Å². The third kappa shape index (κ3) is 0.877. The molecule has 2 aromatic heterocycles. The molecule has 0 unspecified atom stereocenters. The molecule has 0 aliphatic carbocycles. The van der Waals surface area contributed by atoms with Gasteiger partial charge in [-0.25, -0.2) is 4.98 Å². The van der Waals surface area contributed by atoms with Crippen molar-refractivity contribution in [3.8, 4) is 5.75 Å². The molecule has 68 valence electrons. The monoisotopic (exact) mass is 185 g/mol. The fourth-order valence-electron chi connectivity index (χ4n) is 1.58. The first-order valence-electron chi connectivity index (χ1n) is 4.25. The number of imidazole rings is 1. The molecule has 0 saturated carbocycles. The lowest BCUT2D eigenvalue weighted by Crippen LogP contribution is -1.80. The van der Waals surface area contributed by atoms with E-state index in [-0.39, 0.29) is 5.75 Å². The SMILES string of the molecule is Oc1ccc2c(c1)ncc1[nH]cnc12. The highest BCUT2D eigenvalue weighted by atomic mass is 16.3. The molecule has 4 heteroatoms. The second kappa shape index (κ2) is 2.45. The predicted molar refractivity (Wildman–Crippen MR) is 53.1 cm³/mol. The van der Waals surface area contributed by atoms with Crippen molar-refractivity contribution in [2.24, 2.45) is 0 Å². The summed E-state index contributed by atoms with van der Waals surface area (Å²) in [6.45, 7) is 0. The van der Waals surface area contributed by atoms with Crippen molar-refractivity contribution >= 4 is 21.9 Å². The number of aromatic amines is 1. The second-order valence-electron chi connectivity index (χ2n) is 3.12. The molecule has 3 rings (SSSR count). The summed E-state index contributed by atoms with van der Waals surface area (Å²) in [7, 11) is 0. The zero-order chi connectivity index (χ0) is 9.54. The van der Waals surface area contributed by atoms with Crippen molar-refractivity contribution in [2.75, 3.05) is 0 Å². The standard InChI is InChI=1S/C10H7N3O/c14-6-1-2-7-8(3-6)11-4-9-10(7)13-5-12-9/h1-5,14H,(H,12,13). The first-order valence-corrected chi connectivity index (χ1v) is 4.25. The van der Waals surface area contributed by atoms with Crippen LogP contribution in [0.1, 0.15) is 0 Å². The number of phenolic OH excluding ortho intramolecular Hbond substituents is 1. The summed E-state index contributed by atoms with van der Waals surface area (Å²) in [5.74, 6) is 0.222. The number of aromatic hydroxyl groups is 1. The van der Waals surface area contributed by atoms with Crippen molar-refractivity contribution in [2.45, 2.75) is 0 Å². The van der Waals surface area contributed by atoms with Crippen LogP contribution in [-0.4, -0.2) is 20.1 Å². The Hall–Kier alpha value is -2.10. The Morgan fingerprint density at radius 3 is 3.07 bits per heavy atom. The van der Waals surface area contributed by atoms with Gasteiger partial charge >= 0.3 is 0 Å². The molecule has 0 atom stereocenters. The average Bonchev–Trinajstić information content (AvgIpc) is 2.65. The zero-order valence-corrected chi connectivity index (χ0v) is 7.23. The number of hydrogen-bond donors (Lipinski definition) is 2. The van der Waals surface area contributed by atoms with Crippen molar-refractivity contribution < 1.29 is 5.11 Å². The van der Waals surface area contributed by atoms with Crippen molar-refractivity contribution in [3.05, 3.63) is 30.7 Å². The summed E-state index contributed by atoms with van der Waals surface area (Å²) in [4.78, 5) is 11.4. The van der Waals surface area contributed by atoms with Crippen LogP contribution in [0.2, 0.25) is 0 Å². The van der Waals surface area contributed by atoms with E-state index in [1.54, 1.807) is 24.7 Å². The van der Waals surface area contributed by atoms with Gasteiger partial charge in [-0.3, -0.25) is 4.98 Å². The van der Waals surface area contributed by atoms with Crippen LogP contribution in [0.25, 0.3) is 21.9 Å². The van der Waals surface area contributed by atoms with E-state index < -0.39 is 0 Å². The maximum atomic E-state index is 9.28. The average molecular weight is 185 g/mol. The molecule has 3 aromatic rings. The van der Waals surface area contributed by atoms with E-state index in [0.717, 1.165) is 21.9 Å². The van der Waals surface area contributed by atoms with Crippen molar-refractivity contribution in [1.82, 2.24) is 15.0 Å². The maximum absolute atomic E-state index is 9.28. The number of aromatic nitrogens is 3. The van der Waals surface area contributed by atoms with Crippen molar-refractivity contribution in [3.63, 3.8) is 0 Å². The van der Waals surface area contributed by atoms with Gasteiger partial charge in [0, 0.05) is 11.5 Å². The predicted octanol–water partition coefficient (Wildman–Crippen LogP) is 1.82. The highest BCUT2D eigenvalue weighted by Crippen LogP contribution is 2.23. The molecule has 0 bridgehead atoms. The Kier molecular flexibility index (Phi) is 1.28. The van der Waals surface area contributed by atoms with Gasteiger partial charge in [0.2, 0.25) is 0 Å². The second-order valence-corrected chi connectivity index (χ2v) is 3.12. The molecule has 0 spiro atoms. The van der Waals surface area contributed by atoms with Crippen LogP contribution < -0.4 is 0 Å². The fourth-order valence-corrected chi connectivity index (χ4v) is 1.58. The lowest BCUT2D eigenvalue weighted by atomic mass is 10.2. The van der Waals surface area contributed by atoms with Gasteiger partial charge in [0.1, 0.15) is 5.75 Å². The summed E-state index contributed by atoms with van der Waals surface area (Å²) in [5.41, 5.74) is 2.54. The van der Waals surface area contributed by atoms with Gasteiger partial charge in [-0.05, 0) is 12.1 Å². The number of nitrogens with zero attached hydrogens (tertiary/aromatic N) is 2. The van der Waals surface area contributed by atoms with Gasteiger partial charge in [-0.2, -0.15) is 0 Å². The van der Waals surface area contributed by atoms with Gasteiger partial charge in [-0.15, -0.1) is 0 Å². The number of rotatable bonds is 0. The minimum absolute atomic E-state index is 0.222. The molecule has 2 N–H and O–H groups in total. The fraction of sp³-hybridized carbons (Fsp3) is 0. The summed E-state index contributed by atoms with van der Waals surface area (Å²) < 4.78 is 0. The third-order valence-electron chi connectivity index (χ3n) is 2.24. The topological polar surface area (TPSA) is 61.8 Å². The minimum atomic E-state index is 0.222.